The second-order valence-electron chi connectivity index (χ2n) is 7.98. The Hall–Kier alpha value is -3.69. The Kier molecular flexibility index (Phi) is 8.02. The zero-order valence-electron chi connectivity index (χ0n) is 18.9. The van der Waals surface area contributed by atoms with E-state index in [2.05, 4.69) is 10.3 Å². The molecule has 0 saturated carbocycles. The molecule has 2 amide bonds. The number of thioether (sulfide) groups is 1. The van der Waals surface area contributed by atoms with E-state index < -0.39 is 17.1 Å². The molecule has 2 N–H and O–H groups in total. The molecule has 1 fully saturated rings. The second kappa shape index (κ2) is 11.4. The number of halogens is 2. The van der Waals surface area contributed by atoms with Crippen LogP contribution in [-0.4, -0.2) is 44.8 Å². The number of carbonyl (C=O) groups is 3. The number of carboxylic acids is 1. The van der Waals surface area contributed by atoms with Crippen molar-refractivity contribution in [2.75, 3.05) is 11.9 Å². The van der Waals surface area contributed by atoms with Crippen LogP contribution in [0.15, 0.2) is 77.8 Å². The summed E-state index contributed by atoms with van der Waals surface area (Å²) in [6.07, 6.45) is 0.450. The number of benzene rings is 3. The largest absolute Gasteiger partial charge is 0.478 e. The number of anilines is 1. The monoisotopic (exact) mass is 525 g/mol. The summed E-state index contributed by atoms with van der Waals surface area (Å²) in [5.74, 6) is -2.05. The first kappa shape index (κ1) is 25.4. The average Bonchev–Trinajstić information content (AvgIpc) is 2.86. The molecule has 1 aliphatic heterocycles. The topological polar surface area (TPSA) is 99.1 Å². The highest BCUT2D eigenvalue weighted by Gasteiger charge is 2.35. The van der Waals surface area contributed by atoms with Crippen molar-refractivity contribution >= 4 is 57.7 Å². The van der Waals surface area contributed by atoms with E-state index in [1.807, 2.05) is 0 Å². The van der Waals surface area contributed by atoms with E-state index in [-0.39, 0.29) is 23.7 Å². The number of carboxylic acid groups (broad SMARTS) is 1. The van der Waals surface area contributed by atoms with E-state index in [1.165, 1.54) is 53.1 Å². The van der Waals surface area contributed by atoms with Gasteiger partial charge in [-0.05, 0) is 72.6 Å². The summed E-state index contributed by atoms with van der Waals surface area (Å²) in [4.78, 5) is 43.3. The molecular weight excluding hydrogens is 505 g/mol. The lowest BCUT2D eigenvalue weighted by molar-refractivity contribution is -0.129. The molecule has 10 heteroatoms. The van der Waals surface area contributed by atoms with Crippen molar-refractivity contribution in [3.05, 3.63) is 94.8 Å². The molecule has 184 valence electrons. The number of aliphatic imine (C=N–C) groups is 1. The number of hydrogen-bond donors (Lipinski definition) is 2. The van der Waals surface area contributed by atoms with Gasteiger partial charge in [0.15, 0.2) is 5.17 Å². The van der Waals surface area contributed by atoms with E-state index >= 15 is 0 Å². The first-order chi connectivity index (χ1) is 17.3. The minimum atomic E-state index is -1.06. The third kappa shape index (κ3) is 6.50. The lowest BCUT2D eigenvalue weighted by atomic mass is 10.1. The summed E-state index contributed by atoms with van der Waals surface area (Å²) in [6, 6.07) is 18.6. The van der Waals surface area contributed by atoms with Crippen LogP contribution in [0.25, 0.3) is 0 Å². The molecule has 0 radical (unpaired) electrons. The molecule has 1 atom stereocenters. The van der Waals surface area contributed by atoms with Crippen LogP contribution in [0.3, 0.4) is 0 Å². The number of hydrogen-bond acceptors (Lipinski definition) is 5. The molecule has 3 aromatic rings. The van der Waals surface area contributed by atoms with Crippen molar-refractivity contribution in [2.45, 2.75) is 18.1 Å². The van der Waals surface area contributed by atoms with Crippen LogP contribution in [0.2, 0.25) is 5.02 Å². The fraction of sp³-hybridized carbons (Fsp3) is 0.154. The summed E-state index contributed by atoms with van der Waals surface area (Å²) in [7, 11) is 0. The molecule has 0 bridgehead atoms. The molecule has 7 nitrogen and oxygen atoms in total. The quantitative estimate of drug-likeness (QED) is 0.431. The molecule has 3 aromatic carbocycles. The Morgan fingerprint density at radius 1 is 1.06 bits per heavy atom. The number of carbonyl (C=O) groups excluding carboxylic acids is 2. The summed E-state index contributed by atoms with van der Waals surface area (Å²) in [5, 5.41) is 12.0. The molecular formula is C26H21ClFN3O4S. The Bertz CT molecular complexity index is 1300. The number of nitrogens with one attached hydrogen (secondary N) is 1. The molecule has 4 rings (SSSR count). The molecule has 0 aliphatic carbocycles. The molecule has 1 heterocycles. The minimum Gasteiger partial charge on any atom is -0.478 e. The highest BCUT2D eigenvalue weighted by Crippen LogP contribution is 2.30. The molecule has 1 saturated heterocycles. The standard InChI is InChI=1S/C26H21ClFN3O4S/c27-18-5-11-21(12-6-18)30-26-31(14-13-16-1-7-19(28)8-2-16)23(32)15-22(36-26)24(33)29-20-9-3-17(4-10-20)25(34)35/h1-12,22H,13-15H2,(H,29,33)(H,34,35)/t22-/m1/s1. The van der Waals surface area contributed by atoms with Crippen molar-refractivity contribution in [3.63, 3.8) is 0 Å². The van der Waals surface area contributed by atoms with Gasteiger partial charge in [0.2, 0.25) is 11.8 Å². The van der Waals surface area contributed by atoms with Gasteiger partial charge in [-0.15, -0.1) is 0 Å². The second-order valence-corrected chi connectivity index (χ2v) is 9.58. The zero-order chi connectivity index (χ0) is 25.7. The summed E-state index contributed by atoms with van der Waals surface area (Å²) >= 11 is 7.14. The van der Waals surface area contributed by atoms with Crippen molar-refractivity contribution in [2.24, 2.45) is 4.99 Å². The van der Waals surface area contributed by atoms with Crippen molar-refractivity contribution < 1.29 is 23.9 Å². The Labute approximate surface area is 216 Å². The van der Waals surface area contributed by atoms with Gasteiger partial charge >= 0.3 is 5.97 Å². The van der Waals surface area contributed by atoms with Crippen LogP contribution < -0.4 is 5.32 Å². The van der Waals surface area contributed by atoms with Crippen molar-refractivity contribution in [1.82, 2.24) is 4.90 Å². The Morgan fingerprint density at radius 2 is 1.72 bits per heavy atom. The highest BCUT2D eigenvalue weighted by atomic mass is 35.5. The van der Waals surface area contributed by atoms with Gasteiger partial charge < -0.3 is 10.4 Å². The highest BCUT2D eigenvalue weighted by molar-refractivity contribution is 8.15. The van der Waals surface area contributed by atoms with E-state index in [0.717, 1.165) is 5.56 Å². The lowest BCUT2D eigenvalue weighted by Gasteiger charge is -2.32. The molecule has 1 aliphatic rings. The maximum absolute atomic E-state index is 13.2. The van der Waals surface area contributed by atoms with Crippen molar-refractivity contribution in [3.8, 4) is 0 Å². The van der Waals surface area contributed by atoms with Gasteiger partial charge in [-0.2, -0.15) is 0 Å². The Morgan fingerprint density at radius 3 is 2.36 bits per heavy atom. The number of nitrogens with zero attached hydrogens (tertiary/aromatic N) is 2. The van der Waals surface area contributed by atoms with Crippen LogP contribution in [0.1, 0.15) is 22.3 Å². The van der Waals surface area contributed by atoms with Crippen LogP contribution in [0.4, 0.5) is 15.8 Å². The average molecular weight is 526 g/mol. The summed E-state index contributed by atoms with van der Waals surface area (Å²) in [5.41, 5.74) is 1.97. The predicted molar refractivity (Wildman–Crippen MR) is 138 cm³/mol. The number of aromatic carboxylic acids is 1. The van der Waals surface area contributed by atoms with Gasteiger partial charge in [0.25, 0.3) is 0 Å². The lowest BCUT2D eigenvalue weighted by Crippen LogP contribution is -2.46. The normalized spacial score (nSPS) is 16.7. The van der Waals surface area contributed by atoms with Gasteiger partial charge in [-0.3, -0.25) is 14.5 Å². The zero-order valence-corrected chi connectivity index (χ0v) is 20.4. The predicted octanol–water partition coefficient (Wildman–Crippen LogP) is 5.38. The number of amides is 2. The number of rotatable bonds is 7. The molecule has 0 spiro atoms. The fourth-order valence-electron chi connectivity index (χ4n) is 3.50. The summed E-state index contributed by atoms with van der Waals surface area (Å²) < 4.78 is 13.2. The van der Waals surface area contributed by atoms with Crippen LogP contribution in [0, 0.1) is 5.82 Å². The third-order valence-electron chi connectivity index (χ3n) is 5.42. The maximum atomic E-state index is 13.2. The Balaban J connectivity index is 1.52. The third-order valence-corrected chi connectivity index (χ3v) is 6.86. The first-order valence-corrected chi connectivity index (χ1v) is 12.2. The molecule has 36 heavy (non-hydrogen) atoms. The van der Waals surface area contributed by atoms with Crippen LogP contribution in [-0.2, 0) is 16.0 Å². The van der Waals surface area contributed by atoms with Crippen LogP contribution in [0.5, 0.6) is 0 Å². The van der Waals surface area contributed by atoms with E-state index in [4.69, 9.17) is 16.7 Å². The van der Waals surface area contributed by atoms with E-state index in [1.54, 1.807) is 36.4 Å². The number of amidine groups is 1. The van der Waals surface area contributed by atoms with Crippen LogP contribution >= 0.6 is 23.4 Å². The van der Waals surface area contributed by atoms with Gasteiger partial charge in [0, 0.05) is 23.7 Å². The van der Waals surface area contributed by atoms with E-state index in [9.17, 15) is 18.8 Å². The smallest absolute Gasteiger partial charge is 0.335 e. The maximum Gasteiger partial charge on any atom is 0.335 e. The summed E-state index contributed by atoms with van der Waals surface area (Å²) in [6.45, 7) is 0.314. The van der Waals surface area contributed by atoms with Gasteiger partial charge in [-0.1, -0.05) is 35.5 Å². The van der Waals surface area contributed by atoms with Gasteiger partial charge in [-0.25, -0.2) is 14.2 Å². The fourth-order valence-corrected chi connectivity index (χ4v) is 4.75. The van der Waals surface area contributed by atoms with Gasteiger partial charge in [0.05, 0.1) is 11.3 Å². The van der Waals surface area contributed by atoms with E-state index in [0.29, 0.717) is 34.5 Å². The van der Waals surface area contributed by atoms with Gasteiger partial charge in [0.1, 0.15) is 11.1 Å². The SMILES string of the molecule is O=C(O)c1ccc(NC(=O)[C@H]2CC(=O)N(CCc3ccc(F)cc3)C(=Nc3ccc(Cl)cc3)S2)cc1. The first-order valence-electron chi connectivity index (χ1n) is 11.0. The molecule has 0 aromatic heterocycles. The minimum absolute atomic E-state index is 0.0350. The van der Waals surface area contributed by atoms with Crippen molar-refractivity contribution in [1.29, 1.82) is 0 Å². The molecule has 0 unspecified atom stereocenters.